The largest absolute Gasteiger partial charge is 0.478 e. The molecule has 0 aliphatic carbocycles. The number of hydrogen-bond acceptors (Lipinski definition) is 3. The van der Waals surface area contributed by atoms with Crippen LogP contribution in [0.1, 0.15) is 32.8 Å². The van der Waals surface area contributed by atoms with E-state index in [4.69, 9.17) is 10.5 Å². The highest BCUT2D eigenvalue weighted by atomic mass is 16.5. The first-order chi connectivity index (χ1) is 9.58. The third-order valence-corrected chi connectivity index (χ3v) is 3.56. The third kappa shape index (κ3) is 2.80. The Labute approximate surface area is 120 Å². The molecule has 1 aromatic rings. The number of carbonyl (C=O) groups is 1. The van der Waals surface area contributed by atoms with Gasteiger partial charge in [-0.25, -0.2) is 0 Å². The molecule has 2 rings (SSSR count). The molecular formula is C16H24N2O2. The third-order valence-electron chi connectivity index (χ3n) is 3.56. The molecule has 1 aromatic carbocycles. The first-order valence-electron chi connectivity index (χ1n) is 7.39. The molecule has 1 amide bonds. The molecule has 1 aliphatic rings. The fraction of sp³-hybridized carbons (Fsp3) is 0.562. The molecule has 0 bridgehead atoms. The van der Waals surface area contributed by atoms with Crippen LogP contribution in [0.15, 0.2) is 18.2 Å². The smallest absolute Gasteiger partial charge is 0.268 e. The zero-order chi connectivity index (χ0) is 14.7. The monoisotopic (exact) mass is 276 g/mol. The standard InChI is InChI=1S/C16H24N2O2/c1-4-9-18-13-10-12(7-8-17)5-6-14(13)20-15(11(2)3)16(18)19/h5-6,10-11,15H,4,7-9,17H2,1-3H3. The minimum atomic E-state index is -0.380. The SMILES string of the molecule is CCCN1C(=O)C(C(C)C)Oc2ccc(CCN)cc21. The van der Waals surface area contributed by atoms with Crippen LogP contribution in [-0.2, 0) is 11.2 Å². The lowest BCUT2D eigenvalue weighted by Crippen LogP contribution is -2.48. The Kier molecular flexibility index (Phi) is 4.65. The van der Waals surface area contributed by atoms with Crippen molar-refractivity contribution < 1.29 is 9.53 Å². The molecule has 1 unspecified atom stereocenters. The van der Waals surface area contributed by atoms with Crippen molar-refractivity contribution in [2.24, 2.45) is 11.7 Å². The number of nitrogens with two attached hydrogens (primary N) is 1. The van der Waals surface area contributed by atoms with E-state index < -0.39 is 0 Å². The minimum Gasteiger partial charge on any atom is -0.478 e. The molecule has 0 saturated carbocycles. The lowest BCUT2D eigenvalue weighted by Gasteiger charge is -2.36. The van der Waals surface area contributed by atoms with Gasteiger partial charge in [-0.05, 0) is 43.0 Å². The van der Waals surface area contributed by atoms with Crippen molar-refractivity contribution >= 4 is 11.6 Å². The molecule has 0 radical (unpaired) electrons. The summed E-state index contributed by atoms with van der Waals surface area (Å²) in [5.74, 6) is 1.04. The van der Waals surface area contributed by atoms with E-state index in [0.29, 0.717) is 6.54 Å². The number of amides is 1. The molecule has 0 aromatic heterocycles. The van der Waals surface area contributed by atoms with Gasteiger partial charge in [-0.1, -0.05) is 26.8 Å². The maximum atomic E-state index is 12.6. The van der Waals surface area contributed by atoms with Crippen molar-refractivity contribution in [2.75, 3.05) is 18.0 Å². The van der Waals surface area contributed by atoms with Crippen LogP contribution in [0.2, 0.25) is 0 Å². The van der Waals surface area contributed by atoms with E-state index in [1.807, 2.05) is 36.9 Å². The van der Waals surface area contributed by atoms with Gasteiger partial charge in [0.15, 0.2) is 6.10 Å². The number of nitrogens with zero attached hydrogens (tertiary/aromatic N) is 1. The van der Waals surface area contributed by atoms with Crippen LogP contribution in [0.5, 0.6) is 5.75 Å². The van der Waals surface area contributed by atoms with Gasteiger partial charge in [-0.2, -0.15) is 0 Å². The van der Waals surface area contributed by atoms with Crippen molar-refractivity contribution in [1.82, 2.24) is 0 Å². The Hall–Kier alpha value is -1.55. The average molecular weight is 276 g/mol. The Morgan fingerprint density at radius 3 is 2.75 bits per heavy atom. The molecule has 1 aliphatic heterocycles. The summed E-state index contributed by atoms with van der Waals surface area (Å²) in [6, 6.07) is 6.03. The van der Waals surface area contributed by atoms with E-state index in [-0.39, 0.29) is 17.9 Å². The Morgan fingerprint density at radius 2 is 2.15 bits per heavy atom. The Balaban J connectivity index is 2.40. The van der Waals surface area contributed by atoms with E-state index in [2.05, 4.69) is 6.92 Å². The number of ether oxygens (including phenoxy) is 1. The summed E-state index contributed by atoms with van der Waals surface area (Å²) < 4.78 is 5.89. The molecule has 1 heterocycles. The predicted octanol–water partition coefficient (Wildman–Crippen LogP) is 2.35. The first-order valence-corrected chi connectivity index (χ1v) is 7.39. The first kappa shape index (κ1) is 14.9. The van der Waals surface area contributed by atoms with Crippen LogP contribution in [-0.4, -0.2) is 25.1 Å². The number of benzene rings is 1. The molecule has 4 heteroatoms. The Bertz CT molecular complexity index is 485. The van der Waals surface area contributed by atoms with Crippen molar-refractivity contribution in [3.05, 3.63) is 23.8 Å². The van der Waals surface area contributed by atoms with E-state index in [1.54, 1.807) is 0 Å². The van der Waals surface area contributed by atoms with Crippen LogP contribution in [0, 0.1) is 5.92 Å². The summed E-state index contributed by atoms with van der Waals surface area (Å²) in [5.41, 5.74) is 7.64. The van der Waals surface area contributed by atoms with Gasteiger partial charge in [0.25, 0.3) is 5.91 Å². The lowest BCUT2D eigenvalue weighted by molar-refractivity contribution is -0.128. The summed E-state index contributed by atoms with van der Waals surface area (Å²) in [6.07, 6.45) is 1.36. The van der Waals surface area contributed by atoms with E-state index >= 15 is 0 Å². The second-order valence-electron chi connectivity index (χ2n) is 5.61. The summed E-state index contributed by atoms with van der Waals surface area (Å²) in [4.78, 5) is 14.4. The highest BCUT2D eigenvalue weighted by molar-refractivity contribution is 6.00. The Morgan fingerprint density at radius 1 is 1.40 bits per heavy atom. The highest BCUT2D eigenvalue weighted by Gasteiger charge is 2.35. The topological polar surface area (TPSA) is 55.6 Å². The number of hydrogen-bond donors (Lipinski definition) is 1. The van der Waals surface area contributed by atoms with Crippen molar-refractivity contribution in [3.8, 4) is 5.75 Å². The fourth-order valence-electron chi connectivity index (χ4n) is 2.53. The van der Waals surface area contributed by atoms with E-state index in [0.717, 1.165) is 36.4 Å². The van der Waals surface area contributed by atoms with Crippen LogP contribution < -0.4 is 15.4 Å². The van der Waals surface area contributed by atoms with Gasteiger partial charge in [0.2, 0.25) is 0 Å². The lowest BCUT2D eigenvalue weighted by atomic mass is 10.0. The van der Waals surface area contributed by atoms with Gasteiger partial charge >= 0.3 is 0 Å². The maximum Gasteiger partial charge on any atom is 0.268 e. The molecule has 0 saturated heterocycles. The quantitative estimate of drug-likeness (QED) is 0.898. The predicted molar refractivity (Wildman–Crippen MR) is 81.1 cm³/mol. The number of carbonyl (C=O) groups excluding carboxylic acids is 1. The number of anilines is 1. The van der Waals surface area contributed by atoms with Crippen molar-refractivity contribution in [3.63, 3.8) is 0 Å². The molecule has 110 valence electrons. The second-order valence-corrected chi connectivity index (χ2v) is 5.61. The summed E-state index contributed by atoms with van der Waals surface area (Å²) in [5, 5.41) is 0. The zero-order valence-corrected chi connectivity index (χ0v) is 12.6. The minimum absolute atomic E-state index is 0.0687. The van der Waals surface area contributed by atoms with Gasteiger partial charge < -0.3 is 15.4 Å². The van der Waals surface area contributed by atoms with Crippen molar-refractivity contribution in [1.29, 1.82) is 0 Å². The molecule has 1 atom stereocenters. The van der Waals surface area contributed by atoms with Crippen LogP contribution in [0.3, 0.4) is 0 Å². The van der Waals surface area contributed by atoms with Crippen LogP contribution in [0.4, 0.5) is 5.69 Å². The van der Waals surface area contributed by atoms with Gasteiger partial charge in [0.05, 0.1) is 5.69 Å². The average Bonchev–Trinajstić information content (AvgIpc) is 2.42. The highest BCUT2D eigenvalue weighted by Crippen LogP contribution is 2.36. The molecular weight excluding hydrogens is 252 g/mol. The normalized spacial score (nSPS) is 18.1. The van der Waals surface area contributed by atoms with Gasteiger partial charge in [0.1, 0.15) is 5.75 Å². The molecule has 2 N–H and O–H groups in total. The summed E-state index contributed by atoms with van der Waals surface area (Å²) in [6.45, 7) is 7.44. The van der Waals surface area contributed by atoms with E-state index in [1.165, 1.54) is 0 Å². The van der Waals surface area contributed by atoms with Gasteiger partial charge in [-0.3, -0.25) is 4.79 Å². The van der Waals surface area contributed by atoms with Gasteiger partial charge in [0, 0.05) is 6.54 Å². The maximum absolute atomic E-state index is 12.6. The van der Waals surface area contributed by atoms with Gasteiger partial charge in [-0.15, -0.1) is 0 Å². The molecule has 20 heavy (non-hydrogen) atoms. The van der Waals surface area contributed by atoms with Crippen molar-refractivity contribution in [2.45, 2.75) is 39.7 Å². The fourth-order valence-corrected chi connectivity index (χ4v) is 2.53. The summed E-state index contributed by atoms with van der Waals surface area (Å²) >= 11 is 0. The molecule has 0 spiro atoms. The molecule has 4 nitrogen and oxygen atoms in total. The number of rotatable bonds is 5. The number of fused-ring (bicyclic) bond motifs is 1. The zero-order valence-electron chi connectivity index (χ0n) is 12.6. The second kappa shape index (κ2) is 6.27. The molecule has 0 fully saturated rings. The van der Waals surface area contributed by atoms with Crippen LogP contribution >= 0.6 is 0 Å². The summed E-state index contributed by atoms with van der Waals surface area (Å²) in [7, 11) is 0. The van der Waals surface area contributed by atoms with Crippen LogP contribution in [0.25, 0.3) is 0 Å². The van der Waals surface area contributed by atoms with E-state index in [9.17, 15) is 4.79 Å².